The molecule has 1 heterocycles. The Bertz CT molecular complexity index is 355. The predicted molar refractivity (Wildman–Crippen MR) is 65.3 cm³/mol. The molecule has 1 aliphatic rings. The number of aryl methyl sites for hydroxylation is 1. The lowest BCUT2D eigenvalue weighted by atomic mass is 9.83. The molecule has 16 heavy (non-hydrogen) atoms. The van der Waals surface area contributed by atoms with Crippen LogP contribution in [-0.4, -0.2) is 32.1 Å². The van der Waals surface area contributed by atoms with Gasteiger partial charge in [-0.3, -0.25) is 0 Å². The molecule has 1 saturated carbocycles. The smallest absolute Gasteiger partial charge is 0.167 e. The molecule has 0 saturated heterocycles. The van der Waals surface area contributed by atoms with Gasteiger partial charge in [0.15, 0.2) is 5.16 Å². The number of imidazole rings is 1. The molecule has 1 aliphatic carbocycles. The van der Waals surface area contributed by atoms with Gasteiger partial charge in [0.2, 0.25) is 0 Å². The number of hydrogen-bond donors (Lipinski definition) is 2. The molecule has 5 heteroatoms. The second kappa shape index (κ2) is 4.77. The fourth-order valence-corrected chi connectivity index (χ4v) is 3.54. The van der Waals surface area contributed by atoms with Crippen LogP contribution in [0.4, 0.5) is 0 Å². The first-order chi connectivity index (χ1) is 7.63. The quantitative estimate of drug-likeness (QED) is 0.833. The van der Waals surface area contributed by atoms with Gasteiger partial charge in [0.25, 0.3) is 0 Å². The van der Waals surface area contributed by atoms with E-state index >= 15 is 0 Å². The number of nitrogens with two attached hydrogens (primary N) is 1. The van der Waals surface area contributed by atoms with Crippen molar-refractivity contribution in [2.45, 2.75) is 41.6 Å². The largest absolute Gasteiger partial charge is 0.394 e. The molecule has 2 rings (SSSR count). The van der Waals surface area contributed by atoms with Gasteiger partial charge in [0.05, 0.1) is 6.61 Å². The van der Waals surface area contributed by atoms with Crippen LogP contribution in [0.3, 0.4) is 0 Å². The van der Waals surface area contributed by atoms with Crippen molar-refractivity contribution in [3.8, 4) is 0 Å². The van der Waals surface area contributed by atoms with E-state index in [9.17, 15) is 5.11 Å². The maximum absolute atomic E-state index is 9.29. The Morgan fingerprint density at radius 3 is 3.19 bits per heavy atom. The van der Waals surface area contributed by atoms with Crippen LogP contribution in [0.15, 0.2) is 17.6 Å². The van der Waals surface area contributed by atoms with E-state index in [1.165, 1.54) is 0 Å². The number of aliphatic hydroxyl groups is 1. The fourth-order valence-electron chi connectivity index (χ4n) is 2.20. The van der Waals surface area contributed by atoms with Gasteiger partial charge in [-0.25, -0.2) is 4.98 Å². The van der Waals surface area contributed by atoms with E-state index in [2.05, 4.69) is 4.98 Å². The van der Waals surface area contributed by atoms with E-state index in [-0.39, 0.29) is 12.1 Å². The molecule has 0 radical (unpaired) electrons. The first-order valence-corrected chi connectivity index (χ1v) is 6.55. The minimum atomic E-state index is -0.374. The van der Waals surface area contributed by atoms with Crippen LogP contribution in [0.25, 0.3) is 0 Å². The molecule has 0 aliphatic heterocycles. The first kappa shape index (κ1) is 12.0. The molecule has 0 bridgehead atoms. The molecule has 1 aromatic heterocycles. The molecular formula is C11H19N3OS. The Balaban J connectivity index is 1.98. The summed E-state index contributed by atoms with van der Waals surface area (Å²) in [5.74, 6) is 0. The summed E-state index contributed by atoms with van der Waals surface area (Å²) in [6.45, 7) is 0.0879. The Morgan fingerprint density at radius 1 is 1.75 bits per heavy atom. The highest BCUT2D eigenvalue weighted by Gasteiger charge is 2.33. The van der Waals surface area contributed by atoms with Gasteiger partial charge in [-0.1, -0.05) is 18.2 Å². The van der Waals surface area contributed by atoms with Gasteiger partial charge in [-0.05, 0) is 19.3 Å². The zero-order valence-electron chi connectivity index (χ0n) is 9.59. The molecule has 1 aromatic rings. The summed E-state index contributed by atoms with van der Waals surface area (Å²) in [5, 5.41) is 10.8. The van der Waals surface area contributed by atoms with E-state index in [0.717, 1.165) is 30.8 Å². The van der Waals surface area contributed by atoms with Crippen LogP contribution in [-0.2, 0) is 7.05 Å². The Hall–Kier alpha value is -0.520. The Kier molecular flexibility index (Phi) is 3.56. The lowest BCUT2D eigenvalue weighted by molar-refractivity contribution is 0.159. The standard InChI is InChI=1S/C11H19N3OS/c1-14-6-5-13-10(14)16-9-3-2-4-11(12,7-9)8-15/h5-6,9,15H,2-4,7-8,12H2,1H3. The van der Waals surface area contributed by atoms with Crippen molar-refractivity contribution in [2.75, 3.05) is 6.61 Å². The van der Waals surface area contributed by atoms with Crippen LogP contribution in [0, 0.1) is 0 Å². The van der Waals surface area contributed by atoms with Gasteiger partial charge in [-0.15, -0.1) is 0 Å². The second-order valence-corrected chi connectivity index (χ2v) is 5.94. The first-order valence-electron chi connectivity index (χ1n) is 5.67. The predicted octanol–water partition coefficient (Wildman–Crippen LogP) is 1.14. The highest BCUT2D eigenvalue weighted by molar-refractivity contribution is 7.99. The minimum absolute atomic E-state index is 0.0879. The summed E-state index contributed by atoms with van der Waals surface area (Å²) in [7, 11) is 2.00. The van der Waals surface area contributed by atoms with Crippen molar-refractivity contribution < 1.29 is 5.11 Å². The zero-order chi connectivity index (χ0) is 11.6. The highest BCUT2D eigenvalue weighted by atomic mass is 32.2. The summed E-state index contributed by atoms with van der Waals surface area (Å²) < 4.78 is 2.02. The van der Waals surface area contributed by atoms with E-state index in [0.29, 0.717) is 5.25 Å². The van der Waals surface area contributed by atoms with Gasteiger partial charge >= 0.3 is 0 Å². The molecule has 2 unspecified atom stereocenters. The van der Waals surface area contributed by atoms with Gasteiger partial charge in [0.1, 0.15) is 0 Å². The van der Waals surface area contributed by atoms with Crippen molar-refractivity contribution >= 4 is 11.8 Å². The van der Waals surface area contributed by atoms with Crippen molar-refractivity contribution in [1.29, 1.82) is 0 Å². The van der Waals surface area contributed by atoms with Gasteiger partial charge in [0, 0.05) is 30.2 Å². The summed E-state index contributed by atoms with van der Waals surface area (Å²) in [4.78, 5) is 4.31. The lowest BCUT2D eigenvalue weighted by Crippen LogP contribution is -2.48. The van der Waals surface area contributed by atoms with Crippen molar-refractivity contribution in [2.24, 2.45) is 12.8 Å². The molecule has 90 valence electrons. The Morgan fingerprint density at radius 2 is 2.56 bits per heavy atom. The van der Waals surface area contributed by atoms with E-state index in [1.807, 2.05) is 24.0 Å². The summed E-state index contributed by atoms with van der Waals surface area (Å²) in [6.07, 6.45) is 7.83. The minimum Gasteiger partial charge on any atom is -0.394 e. The molecule has 2 atom stereocenters. The molecule has 1 fully saturated rings. The van der Waals surface area contributed by atoms with E-state index in [4.69, 9.17) is 5.73 Å². The molecular weight excluding hydrogens is 222 g/mol. The monoisotopic (exact) mass is 241 g/mol. The summed E-state index contributed by atoms with van der Waals surface area (Å²) in [5.41, 5.74) is 5.75. The van der Waals surface area contributed by atoms with Crippen LogP contribution < -0.4 is 5.73 Å². The van der Waals surface area contributed by atoms with Crippen molar-refractivity contribution in [3.63, 3.8) is 0 Å². The van der Waals surface area contributed by atoms with Gasteiger partial charge in [-0.2, -0.15) is 0 Å². The maximum Gasteiger partial charge on any atom is 0.167 e. The number of rotatable bonds is 3. The maximum atomic E-state index is 9.29. The summed E-state index contributed by atoms with van der Waals surface area (Å²) >= 11 is 1.78. The van der Waals surface area contributed by atoms with Crippen molar-refractivity contribution in [3.05, 3.63) is 12.4 Å². The number of aromatic nitrogens is 2. The summed E-state index contributed by atoms with van der Waals surface area (Å²) in [6, 6.07) is 0. The van der Waals surface area contributed by atoms with Crippen LogP contribution >= 0.6 is 11.8 Å². The zero-order valence-corrected chi connectivity index (χ0v) is 10.4. The second-order valence-electron chi connectivity index (χ2n) is 4.68. The van der Waals surface area contributed by atoms with E-state index < -0.39 is 0 Å². The Labute approximate surface area is 100 Å². The topological polar surface area (TPSA) is 64.1 Å². The molecule has 0 aromatic carbocycles. The molecule has 4 nitrogen and oxygen atoms in total. The van der Waals surface area contributed by atoms with Crippen LogP contribution in [0.5, 0.6) is 0 Å². The average molecular weight is 241 g/mol. The average Bonchev–Trinajstić information content (AvgIpc) is 2.65. The van der Waals surface area contributed by atoms with Crippen LogP contribution in [0.2, 0.25) is 0 Å². The molecule has 3 N–H and O–H groups in total. The third kappa shape index (κ3) is 2.59. The highest BCUT2D eigenvalue weighted by Crippen LogP contribution is 2.36. The van der Waals surface area contributed by atoms with Gasteiger partial charge < -0.3 is 15.4 Å². The molecule has 0 spiro atoms. The number of hydrogen-bond acceptors (Lipinski definition) is 4. The SMILES string of the molecule is Cn1ccnc1SC1CCCC(N)(CO)C1. The third-order valence-corrected chi connectivity index (χ3v) is 4.54. The lowest BCUT2D eigenvalue weighted by Gasteiger charge is -2.35. The number of nitrogens with zero attached hydrogens (tertiary/aromatic N) is 2. The number of thioether (sulfide) groups is 1. The normalized spacial score (nSPS) is 30.6. The fraction of sp³-hybridized carbons (Fsp3) is 0.727. The third-order valence-electron chi connectivity index (χ3n) is 3.20. The van der Waals surface area contributed by atoms with Crippen LogP contribution in [0.1, 0.15) is 25.7 Å². The molecule has 0 amide bonds. The van der Waals surface area contributed by atoms with E-state index in [1.54, 1.807) is 11.8 Å². The van der Waals surface area contributed by atoms with Crippen molar-refractivity contribution in [1.82, 2.24) is 9.55 Å². The number of aliphatic hydroxyl groups excluding tert-OH is 1.